The molecule has 1 aliphatic rings. The van der Waals surface area contributed by atoms with Gasteiger partial charge in [-0.25, -0.2) is 5.53 Å². The summed E-state index contributed by atoms with van der Waals surface area (Å²) in [5.41, 5.74) is 8.94. The van der Waals surface area contributed by atoms with E-state index in [1.54, 1.807) is 0 Å². The maximum absolute atomic E-state index is 6.80. The molecule has 0 aromatic heterocycles. The predicted molar refractivity (Wildman–Crippen MR) is 54.7 cm³/mol. The minimum atomic E-state index is 0.446. The molecule has 1 heterocycles. The molecule has 1 aromatic carbocycles. The number of hydrogen-bond acceptors (Lipinski definition) is 4. The van der Waals surface area contributed by atoms with Gasteiger partial charge in [-0.1, -0.05) is 18.2 Å². The molecular formula is C10H12N4. The summed E-state index contributed by atoms with van der Waals surface area (Å²) >= 11 is 0. The smallest absolute Gasteiger partial charge is 0.128 e. The number of aliphatic imine (C=N–C) groups is 1. The molecule has 2 N–H and O–H groups in total. The summed E-state index contributed by atoms with van der Waals surface area (Å²) in [4.78, 5) is 4.34. The van der Waals surface area contributed by atoms with Crippen molar-refractivity contribution in [3.63, 3.8) is 0 Å². The average molecular weight is 188 g/mol. The SMILES string of the molecule is N=NCc1cccc(C2=NCCN2)c1. The highest BCUT2D eigenvalue weighted by Gasteiger charge is 2.07. The molecule has 2 rings (SSSR count). The van der Waals surface area contributed by atoms with E-state index in [1.807, 2.05) is 24.3 Å². The quantitative estimate of drug-likeness (QED) is 0.695. The van der Waals surface area contributed by atoms with Crippen LogP contribution in [0.15, 0.2) is 34.4 Å². The Labute approximate surface area is 82.6 Å². The summed E-state index contributed by atoms with van der Waals surface area (Å²) in [7, 11) is 0. The Kier molecular flexibility index (Phi) is 2.53. The highest BCUT2D eigenvalue weighted by Crippen LogP contribution is 2.08. The molecular weight excluding hydrogens is 176 g/mol. The summed E-state index contributed by atoms with van der Waals surface area (Å²) in [6, 6.07) is 7.98. The van der Waals surface area contributed by atoms with E-state index in [9.17, 15) is 0 Å². The minimum absolute atomic E-state index is 0.446. The van der Waals surface area contributed by atoms with Crippen LogP contribution in [0.3, 0.4) is 0 Å². The van der Waals surface area contributed by atoms with Crippen molar-refractivity contribution in [2.45, 2.75) is 6.54 Å². The molecule has 0 saturated carbocycles. The summed E-state index contributed by atoms with van der Waals surface area (Å²) in [5, 5.41) is 6.58. The van der Waals surface area contributed by atoms with Gasteiger partial charge in [0.2, 0.25) is 0 Å². The number of nitrogens with one attached hydrogen (secondary N) is 2. The van der Waals surface area contributed by atoms with E-state index in [0.29, 0.717) is 6.54 Å². The van der Waals surface area contributed by atoms with Gasteiger partial charge in [-0.05, 0) is 11.6 Å². The molecule has 0 spiro atoms. The normalized spacial score (nSPS) is 14.7. The summed E-state index contributed by atoms with van der Waals surface area (Å²) in [6.45, 7) is 2.21. The molecule has 0 fully saturated rings. The van der Waals surface area contributed by atoms with Crippen molar-refractivity contribution in [1.29, 1.82) is 5.53 Å². The molecule has 4 nitrogen and oxygen atoms in total. The second-order valence-corrected chi connectivity index (χ2v) is 3.17. The van der Waals surface area contributed by atoms with Crippen LogP contribution >= 0.6 is 0 Å². The van der Waals surface area contributed by atoms with Gasteiger partial charge in [0.15, 0.2) is 0 Å². The van der Waals surface area contributed by atoms with Gasteiger partial charge < -0.3 is 5.32 Å². The molecule has 72 valence electrons. The first-order valence-corrected chi connectivity index (χ1v) is 4.61. The van der Waals surface area contributed by atoms with Crippen LogP contribution in [0.2, 0.25) is 0 Å². The van der Waals surface area contributed by atoms with Crippen LogP contribution in [-0.4, -0.2) is 18.9 Å². The monoisotopic (exact) mass is 188 g/mol. The van der Waals surface area contributed by atoms with Gasteiger partial charge in [-0.15, -0.1) is 0 Å². The third-order valence-electron chi connectivity index (χ3n) is 2.14. The second kappa shape index (κ2) is 4.00. The van der Waals surface area contributed by atoms with Crippen molar-refractivity contribution in [2.24, 2.45) is 10.1 Å². The maximum Gasteiger partial charge on any atom is 0.128 e. The first-order valence-electron chi connectivity index (χ1n) is 4.61. The molecule has 0 unspecified atom stereocenters. The Morgan fingerprint density at radius 2 is 2.43 bits per heavy atom. The number of amidine groups is 1. The van der Waals surface area contributed by atoms with Crippen LogP contribution in [-0.2, 0) is 6.54 Å². The summed E-state index contributed by atoms with van der Waals surface area (Å²) in [5.74, 6) is 0.955. The highest BCUT2D eigenvalue weighted by atomic mass is 15.1. The molecule has 0 bridgehead atoms. The lowest BCUT2D eigenvalue weighted by Crippen LogP contribution is -2.19. The minimum Gasteiger partial charge on any atom is -0.368 e. The Hall–Kier alpha value is -1.71. The van der Waals surface area contributed by atoms with Gasteiger partial charge >= 0.3 is 0 Å². The van der Waals surface area contributed by atoms with Crippen molar-refractivity contribution in [2.75, 3.05) is 13.1 Å². The molecule has 1 aliphatic heterocycles. The highest BCUT2D eigenvalue weighted by molar-refractivity contribution is 5.99. The van der Waals surface area contributed by atoms with Gasteiger partial charge in [0, 0.05) is 12.1 Å². The van der Waals surface area contributed by atoms with E-state index in [0.717, 1.165) is 30.1 Å². The lowest BCUT2D eigenvalue weighted by molar-refractivity contribution is 0.907. The van der Waals surface area contributed by atoms with Crippen molar-refractivity contribution < 1.29 is 0 Å². The van der Waals surface area contributed by atoms with Crippen molar-refractivity contribution in [3.05, 3.63) is 35.4 Å². The van der Waals surface area contributed by atoms with Gasteiger partial charge in [0.25, 0.3) is 0 Å². The molecule has 0 aliphatic carbocycles. The average Bonchev–Trinajstić information content (AvgIpc) is 2.71. The Morgan fingerprint density at radius 3 is 3.14 bits per heavy atom. The fraction of sp³-hybridized carbons (Fsp3) is 0.300. The summed E-state index contributed by atoms with van der Waals surface area (Å²) in [6.07, 6.45) is 0. The Bertz CT molecular complexity index is 370. The number of hydrogen-bond donors (Lipinski definition) is 2. The molecule has 0 saturated heterocycles. The molecule has 0 amide bonds. The van der Waals surface area contributed by atoms with Crippen molar-refractivity contribution >= 4 is 5.84 Å². The van der Waals surface area contributed by atoms with Crippen LogP contribution in [0.25, 0.3) is 0 Å². The van der Waals surface area contributed by atoms with Crippen molar-refractivity contribution in [3.8, 4) is 0 Å². The first-order chi connectivity index (χ1) is 6.90. The largest absolute Gasteiger partial charge is 0.368 e. The predicted octanol–water partition coefficient (Wildman–Crippen LogP) is 1.57. The molecule has 1 aromatic rings. The Balaban J connectivity index is 2.25. The lowest BCUT2D eigenvalue weighted by atomic mass is 10.1. The zero-order chi connectivity index (χ0) is 9.80. The second-order valence-electron chi connectivity index (χ2n) is 3.17. The van der Waals surface area contributed by atoms with Gasteiger partial charge in [0.1, 0.15) is 5.84 Å². The van der Waals surface area contributed by atoms with Crippen LogP contribution in [0, 0.1) is 5.53 Å². The van der Waals surface area contributed by atoms with Gasteiger partial charge in [-0.2, -0.15) is 5.11 Å². The standard InChI is InChI=1S/C10H12N4/c11-14-7-8-2-1-3-9(6-8)10-12-4-5-13-10/h1-3,6,11H,4-5,7H2,(H,12,13). The van der Waals surface area contributed by atoms with E-state index >= 15 is 0 Å². The van der Waals surface area contributed by atoms with E-state index in [-0.39, 0.29) is 0 Å². The van der Waals surface area contributed by atoms with Crippen LogP contribution < -0.4 is 5.32 Å². The number of benzene rings is 1. The van der Waals surface area contributed by atoms with E-state index in [2.05, 4.69) is 15.4 Å². The molecule has 14 heavy (non-hydrogen) atoms. The first kappa shape index (κ1) is 8.87. The van der Waals surface area contributed by atoms with Gasteiger partial charge in [0.05, 0.1) is 13.1 Å². The van der Waals surface area contributed by atoms with Crippen LogP contribution in [0.4, 0.5) is 0 Å². The zero-order valence-corrected chi connectivity index (χ0v) is 7.83. The molecule has 0 atom stereocenters. The number of nitrogens with zero attached hydrogens (tertiary/aromatic N) is 2. The van der Waals surface area contributed by atoms with E-state index < -0.39 is 0 Å². The number of rotatable bonds is 3. The van der Waals surface area contributed by atoms with Crippen molar-refractivity contribution in [1.82, 2.24) is 5.32 Å². The van der Waals surface area contributed by atoms with E-state index in [4.69, 9.17) is 5.53 Å². The topological polar surface area (TPSA) is 60.6 Å². The third-order valence-corrected chi connectivity index (χ3v) is 2.14. The molecule has 0 radical (unpaired) electrons. The maximum atomic E-state index is 6.80. The fourth-order valence-electron chi connectivity index (χ4n) is 1.50. The molecule has 4 heteroatoms. The third kappa shape index (κ3) is 1.79. The Morgan fingerprint density at radius 1 is 1.50 bits per heavy atom. The van der Waals surface area contributed by atoms with Crippen LogP contribution in [0.5, 0.6) is 0 Å². The lowest BCUT2D eigenvalue weighted by Gasteiger charge is -2.03. The van der Waals surface area contributed by atoms with Crippen LogP contribution in [0.1, 0.15) is 11.1 Å². The van der Waals surface area contributed by atoms with E-state index in [1.165, 1.54) is 0 Å². The zero-order valence-electron chi connectivity index (χ0n) is 7.83. The van der Waals surface area contributed by atoms with Gasteiger partial charge in [-0.3, -0.25) is 4.99 Å². The fourth-order valence-corrected chi connectivity index (χ4v) is 1.50. The summed E-state index contributed by atoms with van der Waals surface area (Å²) < 4.78 is 0.